The highest BCUT2D eigenvalue weighted by molar-refractivity contribution is 6.35. The van der Waals surface area contributed by atoms with E-state index in [1.807, 2.05) is 73.7 Å². The Labute approximate surface area is 228 Å². The van der Waals surface area contributed by atoms with Crippen LogP contribution in [-0.2, 0) is 0 Å². The molecule has 1 aliphatic heterocycles. The maximum absolute atomic E-state index is 14.0. The summed E-state index contributed by atoms with van der Waals surface area (Å²) in [4.78, 5) is 53.4. The highest BCUT2D eigenvalue weighted by Gasteiger charge is 2.41. The van der Waals surface area contributed by atoms with Gasteiger partial charge in [0.2, 0.25) is 0 Å². The first kappa shape index (κ1) is 24.7. The number of hydrogen-bond acceptors (Lipinski definition) is 5. The zero-order chi connectivity index (χ0) is 28.0. The molecule has 194 valence electrons. The molecule has 5 aromatic carbocycles. The van der Waals surface area contributed by atoms with Crippen LogP contribution in [0.3, 0.4) is 0 Å². The van der Waals surface area contributed by atoms with Gasteiger partial charge in [0, 0.05) is 17.3 Å². The third kappa shape index (κ3) is 3.99. The Morgan fingerprint density at radius 2 is 1.48 bits per heavy atom. The van der Waals surface area contributed by atoms with Crippen molar-refractivity contribution in [3.8, 4) is 0 Å². The second-order valence-corrected chi connectivity index (χ2v) is 9.41. The molecule has 0 saturated carbocycles. The Kier molecular flexibility index (Phi) is 5.92. The fourth-order valence-electron chi connectivity index (χ4n) is 5.03. The Hall–Kier alpha value is -5.63. The number of hydrogen-bond donors (Lipinski definition) is 0. The van der Waals surface area contributed by atoms with Crippen LogP contribution in [0.2, 0.25) is 0 Å². The van der Waals surface area contributed by atoms with Crippen molar-refractivity contribution in [2.45, 2.75) is 6.92 Å². The number of imide groups is 1. The standard InChI is InChI=1S/C32H21N3O5/c1-20-7-2-5-11-27(20)33(25-18-13-21-8-3-4-9-23(21)19-25)30(36)22-14-16-24(17-15-22)34-31(37)26-10-6-12-28(35(39)40)29(26)32(34)38/h2-19H,1H3. The molecule has 0 unspecified atom stereocenters. The van der Waals surface area contributed by atoms with Gasteiger partial charge in [-0.15, -0.1) is 0 Å². The van der Waals surface area contributed by atoms with Gasteiger partial charge in [-0.25, -0.2) is 4.90 Å². The minimum absolute atomic E-state index is 0.0265. The third-order valence-electron chi connectivity index (χ3n) is 7.01. The minimum Gasteiger partial charge on any atom is -0.277 e. The van der Waals surface area contributed by atoms with Gasteiger partial charge in [0.25, 0.3) is 23.4 Å². The predicted molar refractivity (Wildman–Crippen MR) is 152 cm³/mol. The van der Waals surface area contributed by atoms with E-state index in [9.17, 15) is 24.5 Å². The summed E-state index contributed by atoms with van der Waals surface area (Å²) in [7, 11) is 0. The van der Waals surface area contributed by atoms with Gasteiger partial charge >= 0.3 is 0 Å². The molecule has 0 fully saturated rings. The predicted octanol–water partition coefficient (Wildman–Crippen LogP) is 6.84. The fraction of sp³-hybridized carbons (Fsp3) is 0.0312. The molecule has 8 heteroatoms. The van der Waals surface area contributed by atoms with Crippen molar-refractivity contribution in [3.63, 3.8) is 0 Å². The van der Waals surface area contributed by atoms with Gasteiger partial charge in [0.1, 0.15) is 5.56 Å². The molecule has 5 aromatic rings. The normalized spacial score (nSPS) is 12.5. The molecule has 0 spiro atoms. The molecule has 0 aromatic heterocycles. The lowest BCUT2D eigenvalue weighted by atomic mass is 10.1. The lowest BCUT2D eigenvalue weighted by Gasteiger charge is -2.25. The van der Waals surface area contributed by atoms with E-state index in [1.54, 1.807) is 17.0 Å². The number of carbonyl (C=O) groups is 3. The Balaban J connectivity index is 1.38. The number of nitrogens with zero attached hydrogens (tertiary/aromatic N) is 3. The number of amides is 3. The summed E-state index contributed by atoms with van der Waals surface area (Å²) in [6.45, 7) is 1.93. The van der Waals surface area contributed by atoms with Crippen molar-refractivity contribution >= 4 is 51.2 Å². The Morgan fingerprint density at radius 1 is 0.775 bits per heavy atom. The van der Waals surface area contributed by atoms with Crippen LogP contribution in [-0.4, -0.2) is 22.6 Å². The van der Waals surface area contributed by atoms with Crippen LogP contribution >= 0.6 is 0 Å². The Morgan fingerprint density at radius 3 is 2.20 bits per heavy atom. The molecule has 3 amide bonds. The van der Waals surface area contributed by atoms with Crippen molar-refractivity contribution in [2.24, 2.45) is 0 Å². The fourth-order valence-corrected chi connectivity index (χ4v) is 5.03. The summed E-state index contributed by atoms with van der Waals surface area (Å²) in [5.41, 5.74) is 2.19. The van der Waals surface area contributed by atoms with Crippen molar-refractivity contribution < 1.29 is 19.3 Å². The number of nitro benzene ring substituents is 1. The van der Waals surface area contributed by atoms with Crippen LogP contribution in [0.15, 0.2) is 109 Å². The van der Waals surface area contributed by atoms with E-state index in [1.165, 1.54) is 30.3 Å². The number of para-hydroxylation sites is 1. The molecule has 40 heavy (non-hydrogen) atoms. The minimum atomic E-state index is -0.774. The van der Waals surface area contributed by atoms with E-state index in [-0.39, 0.29) is 22.7 Å². The molecule has 1 heterocycles. The van der Waals surface area contributed by atoms with Crippen LogP contribution in [0, 0.1) is 17.0 Å². The van der Waals surface area contributed by atoms with E-state index < -0.39 is 22.4 Å². The quantitative estimate of drug-likeness (QED) is 0.142. The lowest BCUT2D eigenvalue weighted by Crippen LogP contribution is -2.30. The summed E-state index contributed by atoms with van der Waals surface area (Å²) in [6.07, 6.45) is 0. The number of carbonyl (C=O) groups excluding carboxylic acids is 3. The molecule has 0 atom stereocenters. The van der Waals surface area contributed by atoms with Crippen molar-refractivity contribution in [1.82, 2.24) is 0 Å². The number of anilines is 3. The van der Waals surface area contributed by atoms with E-state index in [0.29, 0.717) is 11.3 Å². The summed E-state index contributed by atoms with van der Waals surface area (Å²) < 4.78 is 0. The average molecular weight is 528 g/mol. The van der Waals surface area contributed by atoms with Crippen LogP contribution in [0.4, 0.5) is 22.7 Å². The molecule has 0 N–H and O–H groups in total. The van der Waals surface area contributed by atoms with Crippen LogP contribution in [0.25, 0.3) is 10.8 Å². The highest BCUT2D eigenvalue weighted by atomic mass is 16.6. The highest BCUT2D eigenvalue weighted by Crippen LogP contribution is 2.35. The summed E-state index contributed by atoms with van der Waals surface area (Å²) in [5.74, 6) is -1.72. The number of rotatable bonds is 5. The molecule has 8 nitrogen and oxygen atoms in total. The zero-order valence-corrected chi connectivity index (χ0v) is 21.3. The first-order chi connectivity index (χ1) is 19.3. The molecule has 0 aliphatic carbocycles. The van der Waals surface area contributed by atoms with Gasteiger partial charge in [0.15, 0.2) is 0 Å². The monoisotopic (exact) mass is 527 g/mol. The third-order valence-corrected chi connectivity index (χ3v) is 7.01. The second kappa shape index (κ2) is 9.59. The van der Waals surface area contributed by atoms with Crippen LogP contribution < -0.4 is 9.80 Å². The maximum atomic E-state index is 14.0. The van der Waals surface area contributed by atoms with Crippen molar-refractivity contribution in [2.75, 3.05) is 9.80 Å². The van der Waals surface area contributed by atoms with Crippen LogP contribution in [0.5, 0.6) is 0 Å². The molecule has 0 bridgehead atoms. The van der Waals surface area contributed by atoms with E-state index in [0.717, 1.165) is 26.9 Å². The van der Waals surface area contributed by atoms with E-state index in [4.69, 9.17) is 0 Å². The summed E-state index contributed by atoms with van der Waals surface area (Å²) >= 11 is 0. The smallest absolute Gasteiger partial charge is 0.277 e. The lowest BCUT2D eigenvalue weighted by molar-refractivity contribution is -0.385. The SMILES string of the molecule is Cc1ccccc1N(C(=O)c1ccc(N2C(=O)c3cccc([N+](=O)[O-])c3C2=O)cc1)c1ccc2ccccc2c1. The zero-order valence-electron chi connectivity index (χ0n) is 21.3. The van der Waals surface area contributed by atoms with Gasteiger partial charge in [0.05, 0.1) is 21.9 Å². The number of nitro groups is 1. The molecular formula is C32H21N3O5. The number of benzene rings is 5. The topological polar surface area (TPSA) is 101 Å². The number of fused-ring (bicyclic) bond motifs is 2. The second-order valence-electron chi connectivity index (χ2n) is 9.41. The largest absolute Gasteiger partial charge is 0.283 e. The number of aryl methyl sites for hydroxylation is 1. The summed E-state index contributed by atoms with van der Waals surface area (Å²) in [6, 6.07) is 31.3. The maximum Gasteiger partial charge on any atom is 0.283 e. The molecule has 1 aliphatic rings. The first-order valence-corrected chi connectivity index (χ1v) is 12.5. The van der Waals surface area contributed by atoms with Crippen LogP contribution in [0.1, 0.15) is 36.6 Å². The molecule has 6 rings (SSSR count). The Bertz CT molecular complexity index is 1860. The first-order valence-electron chi connectivity index (χ1n) is 12.5. The van der Waals surface area contributed by atoms with Crippen molar-refractivity contribution in [1.29, 1.82) is 0 Å². The van der Waals surface area contributed by atoms with Gasteiger partial charge in [-0.3, -0.25) is 29.4 Å². The summed E-state index contributed by atoms with van der Waals surface area (Å²) in [5, 5.41) is 13.5. The van der Waals surface area contributed by atoms with Crippen molar-refractivity contribution in [3.05, 3.63) is 142 Å². The molecule has 0 radical (unpaired) electrons. The average Bonchev–Trinajstić information content (AvgIpc) is 3.23. The van der Waals surface area contributed by atoms with E-state index in [2.05, 4.69) is 0 Å². The van der Waals surface area contributed by atoms with Gasteiger partial charge in [-0.05, 0) is 71.8 Å². The van der Waals surface area contributed by atoms with E-state index >= 15 is 0 Å². The van der Waals surface area contributed by atoms with Gasteiger partial charge in [-0.1, -0.05) is 54.6 Å². The van der Waals surface area contributed by atoms with Gasteiger partial charge < -0.3 is 0 Å². The van der Waals surface area contributed by atoms with Gasteiger partial charge in [-0.2, -0.15) is 0 Å². The molecular weight excluding hydrogens is 506 g/mol. The molecule has 0 saturated heterocycles.